The van der Waals surface area contributed by atoms with Gasteiger partial charge < -0.3 is 14.8 Å². The minimum absolute atomic E-state index is 0.0306. The van der Waals surface area contributed by atoms with Crippen molar-refractivity contribution in [3.63, 3.8) is 0 Å². The molecule has 9 heteroatoms. The van der Waals surface area contributed by atoms with Crippen molar-refractivity contribution in [2.24, 2.45) is 4.99 Å². The minimum Gasteiger partial charge on any atom is -0.454 e. The summed E-state index contributed by atoms with van der Waals surface area (Å²) in [5.74, 6) is -0.0988. The van der Waals surface area contributed by atoms with Gasteiger partial charge in [0.1, 0.15) is 11.6 Å². The Balaban J connectivity index is 1.42. The van der Waals surface area contributed by atoms with E-state index in [0.29, 0.717) is 11.5 Å². The summed E-state index contributed by atoms with van der Waals surface area (Å²) in [5, 5.41) is 4.03. The zero-order valence-corrected chi connectivity index (χ0v) is 15.9. The van der Waals surface area contributed by atoms with Gasteiger partial charge in [-0.2, -0.15) is 0 Å². The van der Waals surface area contributed by atoms with Crippen LogP contribution < -0.4 is 14.8 Å². The summed E-state index contributed by atoms with van der Waals surface area (Å²) in [6.07, 6.45) is -0.0949. The molecule has 0 saturated carbocycles. The van der Waals surface area contributed by atoms with Crippen LogP contribution in [0, 0.1) is 11.6 Å². The van der Waals surface area contributed by atoms with Crippen molar-refractivity contribution in [1.29, 1.82) is 0 Å². The maximum atomic E-state index is 14.1. The van der Waals surface area contributed by atoms with Gasteiger partial charge in [-0.05, 0) is 42.8 Å². The topological polar surface area (TPSA) is 72.4 Å². The number of carbonyl (C=O) groups excluding carboxylic acids is 1. The highest BCUT2D eigenvalue weighted by molar-refractivity contribution is 5.99. The molecule has 152 valence electrons. The zero-order chi connectivity index (χ0) is 20.6. The third kappa shape index (κ3) is 4.00. The van der Waals surface area contributed by atoms with E-state index in [1.54, 1.807) is 19.1 Å². The van der Waals surface area contributed by atoms with Crippen LogP contribution in [-0.2, 0) is 16.2 Å². The molecule has 0 fully saturated rings. The van der Waals surface area contributed by atoms with E-state index in [4.69, 9.17) is 14.3 Å². The second-order valence-electron chi connectivity index (χ2n) is 6.96. The van der Waals surface area contributed by atoms with Crippen LogP contribution in [0.2, 0.25) is 0 Å². The number of fused-ring (bicyclic) bond motifs is 1. The van der Waals surface area contributed by atoms with E-state index in [9.17, 15) is 13.6 Å². The molecule has 2 aromatic carbocycles. The molecule has 1 N–H and O–H groups in total. The van der Waals surface area contributed by atoms with Gasteiger partial charge in [0.15, 0.2) is 23.1 Å². The lowest BCUT2D eigenvalue weighted by atomic mass is 10.1. The van der Waals surface area contributed by atoms with Gasteiger partial charge in [0.25, 0.3) is 0 Å². The first-order valence-electron chi connectivity index (χ1n) is 8.96. The molecule has 0 radical (unpaired) electrons. The Labute approximate surface area is 165 Å². The Hall–Kier alpha value is -3.20. The number of carbonyl (C=O) groups is 1. The van der Waals surface area contributed by atoms with Crippen LogP contribution in [0.1, 0.15) is 24.5 Å². The normalized spacial score (nSPS) is 20.0. The monoisotopic (exact) mass is 403 g/mol. The molecule has 2 aliphatic rings. The first-order valence-corrected chi connectivity index (χ1v) is 8.96. The van der Waals surface area contributed by atoms with E-state index in [0.717, 1.165) is 23.8 Å². The van der Waals surface area contributed by atoms with Crippen LogP contribution in [0.15, 0.2) is 41.4 Å². The smallest absolute Gasteiger partial charge is 0.231 e. The average Bonchev–Trinajstić information content (AvgIpc) is 3.25. The van der Waals surface area contributed by atoms with Crippen molar-refractivity contribution in [2.75, 3.05) is 13.8 Å². The Morgan fingerprint density at radius 1 is 1.21 bits per heavy atom. The fourth-order valence-electron chi connectivity index (χ4n) is 3.24. The van der Waals surface area contributed by atoms with Crippen molar-refractivity contribution >= 4 is 11.7 Å². The van der Waals surface area contributed by atoms with E-state index >= 15 is 0 Å². The fraction of sp³-hybridized carbons (Fsp3) is 0.300. The van der Waals surface area contributed by atoms with E-state index in [2.05, 4.69) is 10.3 Å². The maximum Gasteiger partial charge on any atom is 0.231 e. The van der Waals surface area contributed by atoms with Crippen LogP contribution >= 0.6 is 0 Å². The maximum absolute atomic E-state index is 14.1. The quantitative estimate of drug-likeness (QED) is 0.831. The van der Waals surface area contributed by atoms with Crippen molar-refractivity contribution in [1.82, 2.24) is 10.4 Å². The third-order valence-corrected chi connectivity index (χ3v) is 4.56. The molecule has 1 unspecified atom stereocenters. The molecule has 29 heavy (non-hydrogen) atoms. The molecular formula is C20H19F2N3O4. The molecule has 0 aromatic heterocycles. The van der Waals surface area contributed by atoms with Crippen LogP contribution in [0.4, 0.5) is 8.78 Å². The number of nitrogens with zero attached hydrogens (tertiary/aromatic N) is 2. The SMILES string of the molecule is CN1OC(C)(CC(=O)NCc2ccc3c(c2)OCO3)N=C1c1cc(F)ccc1F. The van der Waals surface area contributed by atoms with E-state index in [1.807, 2.05) is 6.07 Å². The van der Waals surface area contributed by atoms with Crippen molar-refractivity contribution in [3.05, 3.63) is 59.2 Å². The van der Waals surface area contributed by atoms with Gasteiger partial charge in [0, 0.05) is 13.6 Å². The number of amidine groups is 1. The summed E-state index contributed by atoms with van der Waals surface area (Å²) in [6, 6.07) is 8.50. The number of hydrogen-bond acceptors (Lipinski definition) is 6. The number of hydroxylamine groups is 2. The second-order valence-corrected chi connectivity index (χ2v) is 6.96. The summed E-state index contributed by atoms with van der Waals surface area (Å²) >= 11 is 0. The fourth-order valence-corrected chi connectivity index (χ4v) is 3.24. The lowest BCUT2D eigenvalue weighted by Crippen LogP contribution is -2.35. The number of amides is 1. The van der Waals surface area contributed by atoms with Gasteiger partial charge in [0.05, 0.1) is 12.0 Å². The van der Waals surface area contributed by atoms with E-state index < -0.39 is 17.4 Å². The summed E-state index contributed by atoms with van der Waals surface area (Å²) in [5.41, 5.74) is -0.415. The third-order valence-electron chi connectivity index (χ3n) is 4.56. The number of benzene rings is 2. The Bertz CT molecular complexity index is 998. The first kappa shape index (κ1) is 19.1. The molecule has 2 aliphatic heterocycles. The van der Waals surface area contributed by atoms with Gasteiger partial charge in [0.2, 0.25) is 12.7 Å². The number of rotatable bonds is 5. The summed E-state index contributed by atoms with van der Waals surface area (Å²) in [6.45, 7) is 2.07. The highest BCUT2D eigenvalue weighted by Gasteiger charge is 2.38. The number of ether oxygens (including phenoxy) is 2. The summed E-state index contributed by atoms with van der Waals surface area (Å²) < 4.78 is 38.2. The molecule has 2 heterocycles. The summed E-state index contributed by atoms with van der Waals surface area (Å²) in [7, 11) is 1.53. The second kappa shape index (κ2) is 7.32. The number of halogens is 2. The lowest BCUT2D eigenvalue weighted by Gasteiger charge is -2.21. The summed E-state index contributed by atoms with van der Waals surface area (Å²) in [4.78, 5) is 22.4. The molecular weight excluding hydrogens is 384 g/mol. The highest BCUT2D eigenvalue weighted by atomic mass is 19.1. The Morgan fingerprint density at radius 2 is 2.00 bits per heavy atom. The van der Waals surface area contributed by atoms with Crippen molar-refractivity contribution in [2.45, 2.75) is 25.6 Å². The van der Waals surface area contributed by atoms with Crippen LogP contribution in [0.25, 0.3) is 0 Å². The van der Waals surface area contributed by atoms with Crippen LogP contribution in [-0.4, -0.2) is 36.4 Å². The predicted octanol–water partition coefficient (Wildman–Crippen LogP) is 2.74. The van der Waals surface area contributed by atoms with Gasteiger partial charge >= 0.3 is 0 Å². The molecule has 0 aliphatic carbocycles. The average molecular weight is 403 g/mol. The molecule has 1 amide bonds. The molecule has 0 bridgehead atoms. The van der Waals surface area contributed by atoms with Gasteiger partial charge in [-0.3, -0.25) is 4.79 Å². The first-order chi connectivity index (χ1) is 13.8. The number of hydrogen-bond donors (Lipinski definition) is 1. The van der Waals surface area contributed by atoms with Crippen LogP contribution in [0.5, 0.6) is 11.5 Å². The van der Waals surface area contributed by atoms with Gasteiger partial charge in [-0.15, -0.1) is 0 Å². The lowest BCUT2D eigenvalue weighted by molar-refractivity contribution is -0.166. The number of aliphatic imine (C=N–C) groups is 1. The molecule has 0 saturated heterocycles. The van der Waals surface area contributed by atoms with Crippen molar-refractivity contribution in [3.8, 4) is 11.5 Å². The number of nitrogens with one attached hydrogen (secondary N) is 1. The molecule has 2 aromatic rings. The Kier molecular flexibility index (Phi) is 4.83. The minimum atomic E-state index is -1.23. The molecule has 0 spiro atoms. The Morgan fingerprint density at radius 3 is 2.83 bits per heavy atom. The largest absolute Gasteiger partial charge is 0.454 e. The van der Waals surface area contributed by atoms with Crippen molar-refractivity contribution < 1.29 is 27.9 Å². The van der Waals surface area contributed by atoms with Crippen LogP contribution in [0.3, 0.4) is 0 Å². The van der Waals surface area contributed by atoms with E-state index in [-0.39, 0.29) is 37.1 Å². The molecule has 1 atom stereocenters. The van der Waals surface area contributed by atoms with E-state index in [1.165, 1.54) is 12.1 Å². The predicted molar refractivity (Wildman–Crippen MR) is 99.2 cm³/mol. The zero-order valence-electron chi connectivity index (χ0n) is 15.9. The standard InChI is InChI=1S/C20H19F2N3O4/c1-20(24-19(25(2)29-20)14-8-13(21)4-5-15(14)22)9-18(26)23-10-12-3-6-16-17(7-12)28-11-27-16/h3-8H,9-11H2,1-2H3,(H,23,26). The molecule has 4 rings (SSSR count). The highest BCUT2D eigenvalue weighted by Crippen LogP contribution is 2.32. The van der Waals surface area contributed by atoms with Gasteiger partial charge in [-0.1, -0.05) is 6.07 Å². The molecule has 7 nitrogen and oxygen atoms in total. The van der Waals surface area contributed by atoms with Gasteiger partial charge in [-0.25, -0.2) is 23.7 Å².